The first-order valence-electron chi connectivity index (χ1n) is 8.61. The Hall–Kier alpha value is -2.69. The van der Waals surface area contributed by atoms with Gasteiger partial charge in [0.25, 0.3) is 0 Å². The molecule has 0 aromatic heterocycles. The van der Waals surface area contributed by atoms with Gasteiger partial charge in [0, 0.05) is 18.7 Å². The highest BCUT2D eigenvalue weighted by Crippen LogP contribution is 2.20. The average molecular weight is 351 g/mol. The van der Waals surface area contributed by atoms with Crippen molar-refractivity contribution in [2.24, 2.45) is 0 Å². The Balaban J connectivity index is 1.55. The zero-order chi connectivity index (χ0) is 18.2. The van der Waals surface area contributed by atoms with Crippen LogP contribution >= 0.6 is 0 Å². The second-order valence-electron chi connectivity index (χ2n) is 6.08. The number of nitrogens with one attached hydrogen (secondary N) is 1. The second kappa shape index (κ2) is 9.13. The van der Waals surface area contributed by atoms with E-state index in [4.69, 9.17) is 4.74 Å². The summed E-state index contributed by atoms with van der Waals surface area (Å²) >= 11 is 0. The first kappa shape index (κ1) is 18.1. The summed E-state index contributed by atoms with van der Waals surface area (Å²) < 4.78 is 19.2. The van der Waals surface area contributed by atoms with Crippen LogP contribution in [0.5, 0.6) is 5.75 Å². The first-order chi connectivity index (χ1) is 12.7. The topological polar surface area (TPSA) is 41.5 Å². The van der Waals surface area contributed by atoms with Crippen molar-refractivity contribution in [3.63, 3.8) is 0 Å². The molecule has 0 aliphatic heterocycles. The molecular weight excluding hydrogens is 329 g/mol. The Kier molecular flexibility index (Phi) is 6.36. The lowest BCUT2D eigenvalue weighted by Gasteiger charge is -2.15. The molecule has 0 saturated carbocycles. The fraction of sp³-hybridized carbons (Fsp3) is 0.182. The van der Waals surface area contributed by atoms with Crippen LogP contribution in [0, 0.1) is 5.82 Å². The summed E-state index contributed by atoms with van der Waals surface area (Å²) in [5.74, 6) is 0.463. The lowest BCUT2D eigenvalue weighted by Crippen LogP contribution is -2.21. The molecule has 26 heavy (non-hydrogen) atoms. The third kappa shape index (κ3) is 5.15. The van der Waals surface area contributed by atoms with Crippen molar-refractivity contribution in [2.75, 3.05) is 6.54 Å². The fourth-order valence-electron chi connectivity index (χ4n) is 2.70. The van der Waals surface area contributed by atoms with Crippen molar-refractivity contribution in [2.45, 2.75) is 19.3 Å². The van der Waals surface area contributed by atoms with E-state index in [2.05, 4.69) is 5.32 Å². The monoisotopic (exact) mass is 351 g/mol. The average Bonchev–Trinajstić information content (AvgIpc) is 2.68. The number of rotatable bonds is 8. The lowest BCUT2D eigenvalue weighted by molar-refractivity contribution is 0.173. The highest BCUT2D eigenvalue weighted by Gasteiger charge is 2.09. The molecule has 0 aliphatic rings. The zero-order valence-corrected chi connectivity index (χ0v) is 14.4. The van der Waals surface area contributed by atoms with Crippen LogP contribution in [0.25, 0.3) is 0 Å². The minimum atomic E-state index is -0.761. The molecule has 1 atom stereocenters. The second-order valence-corrected chi connectivity index (χ2v) is 6.08. The predicted octanol–water partition coefficient (Wildman–Crippen LogP) is 4.23. The van der Waals surface area contributed by atoms with Gasteiger partial charge in [0.15, 0.2) is 0 Å². The number of aliphatic hydroxyl groups is 1. The maximum Gasteiger partial charge on any atom is 0.124 e. The molecule has 0 bridgehead atoms. The summed E-state index contributed by atoms with van der Waals surface area (Å²) in [5.41, 5.74) is 2.68. The highest BCUT2D eigenvalue weighted by atomic mass is 19.1. The van der Waals surface area contributed by atoms with Gasteiger partial charge in [0.1, 0.15) is 18.2 Å². The van der Waals surface area contributed by atoms with Crippen molar-refractivity contribution in [1.29, 1.82) is 0 Å². The summed E-state index contributed by atoms with van der Waals surface area (Å²) in [5, 5.41) is 13.4. The van der Waals surface area contributed by atoms with Gasteiger partial charge in [0.05, 0.1) is 6.10 Å². The van der Waals surface area contributed by atoms with E-state index in [9.17, 15) is 9.50 Å². The Morgan fingerprint density at radius 1 is 0.923 bits per heavy atom. The third-order valence-electron chi connectivity index (χ3n) is 4.10. The molecule has 0 spiro atoms. The number of halogens is 1. The molecule has 0 aliphatic carbocycles. The maximum atomic E-state index is 13.2. The first-order valence-corrected chi connectivity index (χ1v) is 8.61. The molecule has 3 rings (SSSR count). The molecule has 0 saturated heterocycles. The van der Waals surface area contributed by atoms with Gasteiger partial charge in [-0.05, 0) is 29.3 Å². The van der Waals surface area contributed by atoms with Crippen LogP contribution < -0.4 is 10.1 Å². The van der Waals surface area contributed by atoms with Crippen LogP contribution in [0.2, 0.25) is 0 Å². The Labute approximate surface area is 153 Å². The van der Waals surface area contributed by atoms with E-state index in [1.165, 1.54) is 12.1 Å². The molecular formula is C22H22FNO2. The summed E-state index contributed by atoms with van der Waals surface area (Å²) in [4.78, 5) is 0. The number of hydrogen-bond donors (Lipinski definition) is 2. The Morgan fingerprint density at radius 3 is 2.50 bits per heavy atom. The third-order valence-corrected chi connectivity index (χ3v) is 4.10. The van der Waals surface area contributed by atoms with Crippen LogP contribution in [-0.4, -0.2) is 11.7 Å². The van der Waals surface area contributed by atoms with Gasteiger partial charge in [-0.2, -0.15) is 0 Å². The quantitative estimate of drug-likeness (QED) is 0.638. The van der Waals surface area contributed by atoms with Gasteiger partial charge in [-0.15, -0.1) is 0 Å². The fourth-order valence-corrected chi connectivity index (χ4v) is 2.70. The van der Waals surface area contributed by atoms with E-state index in [0.717, 1.165) is 16.9 Å². The highest BCUT2D eigenvalue weighted by molar-refractivity contribution is 5.33. The van der Waals surface area contributed by atoms with E-state index in [0.29, 0.717) is 25.3 Å². The standard InChI is InChI=1S/C22H22FNO2/c23-20-11-6-10-18(13-20)21(25)15-24-14-19-9-4-5-12-22(19)26-16-17-7-2-1-3-8-17/h1-13,21,24-25H,14-16H2/t21-/m1/s1. The molecule has 3 aromatic rings. The number of ether oxygens (including phenoxy) is 1. The molecule has 0 fully saturated rings. The van der Waals surface area contributed by atoms with Crippen molar-refractivity contribution in [1.82, 2.24) is 5.32 Å². The molecule has 0 radical (unpaired) electrons. The molecule has 3 aromatic carbocycles. The Bertz CT molecular complexity index is 823. The van der Waals surface area contributed by atoms with Gasteiger partial charge < -0.3 is 15.2 Å². The van der Waals surface area contributed by atoms with Gasteiger partial charge in [-0.1, -0.05) is 60.7 Å². The smallest absolute Gasteiger partial charge is 0.124 e. The summed E-state index contributed by atoms with van der Waals surface area (Å²) in [7, 11) is 0. The predicted molar refractivity (Wildman–Crippen MR) is 100 cm³/mol. The lowest BCUT2D eigenvalue weighted by atomic mass is 10.1. The van der Waals surface area contributed by atoms with Crippen LogP contribution in [0.3, 0.4) is 0 Å². The van der Waals surface area contributed by atoms with Crippen LogP contribution in [0.15, 0.2) is 78.9 Å². The number of aliphatic hydroxyl groups excluding tert-OH is 1. The van der Waals surface area contributed by atoms with E-state index in [-0.39, 0.29) is 5.82 Å². The zero-order valence-electron chi connectivity index (χ0n) is 14.4. The van der Waals surface area contributed by atoms with E-state index < -0.39 is 6.10 Å². The summed E-state index contributed by atoms with van der Waals surface area (Å²) in [6.07, 6.45) is -0.761. The number of benzene rings is 3. The molecule has 134 valence electrons. The molecule has 2 N–H and O–H groups in total. The van der Waals surface area contributed by atoms with Crippen LogP contribution in [0.4, 0.5) is 4.39 Å². The van der Waals surface area contributed by atoms with Gasteiger partial charge in [-0.3, -0.25) is 0 Å². The van der Waals surface area contributed by atoms with Crippen molar-refractivity contribution < 1.29 is 14.2 Å². The number of para-hydroxylation sites is 1. The minimum absolute atomic E-state index is 0.330. The maximum absolute atomic E-state index is 13.2. The van der Waals surface area contributed by atoms with Crippen LogP contribution in [0.1, 0.15) is 22.8 Å². The van der Waals surface area contributed by atoms with Gasteiger partial charge >= 0.3 is 0 Å². The van der Waals surface area contributed by atoms with E-state index in [1.807, 2.05) is 54.6 Å². The van der Waals surface area contributed by atoms with E-state index >= 15 is 0 Å². The summed E-state index contributed by atoms with van der Waals surface area (Å²) in [6.45, 7) is 1.39. The van der Waals surface area contributed by atoms with Gasteiger partial charge in [0.2, 0.25) is 0 Å². The molecule has 3 nitrogen and oxygen atoms in total. The SMILES string of the molecule is O[C@H](CNCc1ccccc1OCc1ccccc1)c1cccc(F)c1. The molecule has 4 heteroatoms. The number of hydrogen-bond acceptors (Lipinski definition) is 3. The normalized spacial score (nSPS) is 11.9. The minimum Gasteiger partial charge on any atom is -0.489 e. The van der Waals surface area contributed by atoms with Gasteiger partial charge in [-0.25, -0.2) is 4.39 Å². The van der Waals surface area contributed by atoms with Crippen LogP contribution in [-0.2, 0) is 13.2 Å². The Morgan fingerprint density at radius 2 is 1.69 bits per heavy atom. The van der Waals surface area contributed by atoms with Crippen molar-refractivity contribution in [3.05, 3.63) is 101 Å². The molecule has 0 heterocycles. The summed E-state index contributed by atoms with van der Waals surface area (Å²) in [6, 6.07) is 23.8. The van der Waals surface area contributed by atoms with E-state index in [1.54, 1.807) is 12.1 Å². The largest absolute Gasteiger partial charge is 0.489 e. The molecule has 0 amide bonds. The van der Waals surface area contributed by atoms with Crippen molar-refractivity contribution in [3.8, 4) is 5.75 Å². The molecule has 0 unspecified atom stereocenters. The van der Waals surface area contributed by atoms with Crippen molar-refractivity contribution >= 4 is 0 Å².